The third kappa shape index (κ3) is 2.32. The zero-order chi connectivity index (χ0) is 9.10. The molecule has 1 saturated heterocycles. The van der Waals surface area contributed by atoms with E-state index in [4.69, 9.17) is 5.73 Å². The summed E-state index contributed by atoms with van der Waals surface area (Å²) in [6.45, 7) is 2.25. The highest BCUT2D eigenvalue weighted by Gasteiger charge is 2.10. The van der Waals surface area contributed by atoms with Crippen molar-refractivity contribution in [2.75, 3.05) is 24.2 Å². The number of hydrogen-bond acceptors (Lipinski definition) is 5. The molecule has 1 aliphatic rings. The van der Waals surface area contributed by atoms with E-state index >= 15 is 0 Å². The van der Waals surface area contributed by atoms with Crippen molar-refractivity contribution in [3.05, 3.63) is 6.07 Å². The van der Waals surface area contributed by atoms with Crippen molar-refractivity contribution in [3.63, 3.8) is 0 Å². The molecular formula is C8H14N4S. The Morgan fingerprint density at radius 1 is 1.38 bits per heavy atom. The van der Waals surface area contributed by atoms with Gasteiger partial charge in [0.05, 0.1) is 0 Å². The van der Waals surface area contributed by atoms with Gasteiger partial charge in [-0.05, 0) is 24.4 Å². The molecule has 3 N–H and O–H groups in total. The van der Waals surface area contributed by atoms with Crippen LogP contribution in [0.1, 0.15) is 19.3 Å². The number of aromatic nitrogens is 1. The van der Waals surface area contributed by atoms with Gasteiger partial charge >= 0.3 is 0 Å². The quantitative estimate of drug-likeness (QED) is 0.757. The Morgan fingerprint density at radius 2 is 2.15 bits per heavy atom. The lowest BCUT2D eigenvalue weighted by molar-refractivity contribution is 0.274. The van der Waals surface area contributed by atoms with Crippen LogP contribution in [0.4, 0.5) is 10.8 Å². The summed E-state index contributed by atoms with van der Waals surface area (Å²) in [4.78, 5) is 0. The molecule has 2 rings (SSSR count). The topological polar surface area (TPSA) is 54.2 Å². The molecule has 0 radical (unpaired) electrons. The van der Waals surface area contributed by atoms with E-state index in [-0.39, 0.29) is 0 Å². The molecule has 13 heavy (non-hydrogen) atoms. The Bertz CT molecular complexity index is 267. The molecule has 0 atom stereocenters. The molecule has 0 unspecified atom stereocenters. The molecule has 2 heterocycles. The SMILES string of the molecule is Nc1cc(NN2CCCCC2)sn1. The van der Waals surface area contributed by atoms with E-state index in [1.54, 1.807) is 0 Å². The number of nitrogens with two attached hydrogens (primary N) is 1. The van der Waals surface area contributed by atoms with Gasteiger partial charge in [0.15, 0.2) is 0 Å². The molecule has 0 saturated carbocycles. The lowest BCUT2D eigenvalue weighted by Gasteiger charge is -2.26. The number of rotatable bonds is 2. The van der Waals surface area contributed by atoms with Gasteiger partial charge in [0, 0.05) is 19.2 Å². The molecule has 1 aliphatic heterocycles. The average molecular weight is 198 g/mol. The largest absolute Gasteiger partial charge is 0.383 e. The molecule has 0 amide bonds. The van der Waals surface area contributed by atoms with E-state index in [0.717, 1.165) is 18.1 Å². The molecule has 0 aromatic carbocycles. The highest BCUT2D eigenvalue weighted by molar-refractivity contribution is 7.10. The fraction of sp³-hybridized carbons (Fsp3) is 0.625. The first-order valence-electron chi connectivity index (χ1n) is 4.58. The molecule has 0 spiro atoms. The van der Waals surface area contributed by atoms with Gasteiger partial charge in [0.1, 0.15) is 10.8 Å². The van der Waals surface area contributed by atoms with Gasteiger partial charge in [0.2, 0.25) is 0 Å². The molecule has 72 valence electrons. The lowest BCUT2D eigenvalue weighted by atomic mass is 10.2. The van der Waals surface area contributed by atoms with Crippen LogP contribution >= 0.6 is 11.5 Å². The molecule has 1 aromatic rings. The minimum Gasteiger partial charge on any atom is -0.383 e. The maximum absolute atomic E-state index is 5.52. The summed E-state index contributed by atoms with van der Waals surface area (Å²) in [7, 11) is 0. The van der Waals surface area contributed by atoms with Gasteiger partial charge in [-0.15, -0.1) is 0 Å². The highest BCUT2D eigenvalue weighted by atomic mass is 32.1. The first kappa shape index (κ1) is 8.77. The lowest BCUT2D eigenvalue weighted by Crippen LogP contribution is -2.34. The van der Waals surface area contributed by atoms with Gasteiger partial charge in [-0.2, -0.15) is 4.37 Å². The zero-order valence-electron chi connectivity index (χ0n) is 7.49. The van der Waals surface area contributed by atoms with Gasteiger partial charge < -0.3 is 11.2 Å². The van der Waals surface area contributed by atoms with Gasteiger partial charge in [0.25, 0.3) is 0 Å². The van der Waals surface area contributed by atoms with Crippen LogP contribution in [0.15, 0.2) is 6.07 Å². The van der Waals surface area contributed by atoms with Crippen molar-refractivity contribution in [2.24, 2.45) is 0 Å². The predicted molar refractivity (Wildman–Crippen MR) is 55.6 cm³/mol. The maximum Gasteiger partial charge on any atom is 0.139 e. The third-order valence-corrected chi connectivity index (χ3v) is 2.86. The third-order valence-electron chi connectivity index (χ3n) is 2.15. The summed E-state index contributed by atoms with van der Waals surface area (Å²) < 4.78 is 4.01. The first-order chi connectivity index (χ1) is 6.34. The normalized spacial score (nSPS) is 18.8. The Labute approximate surface area is 81.9 Å². The van der Waals surface area contributed by atoms with Gasteiger partial charge in [-0.25, -0.2) is 5.01 Å². The minimum absolute atomic E-state index is 0.601. The summed E-state index contributed by atoms with van der Waals surface area (Å²) in [5.74, 6) is 0.601. The van der Waals surface area contributed by atoms with Crippen LogP contribution in [0.5, 0.6) is 0 Å². The van der Waals surface area contributed by atoms with Crippen molar-refractivity contribution in [1.29, 1.82) is 0 Å². The summed E-state index contributed by atoms with van der Waals surface area (Å²) in [6, 6.07) is 1.87. The van der Waals surface area contributed by atoms with Crippen LogP contribution in [-0.2, 0) is 0 Å². The molecule has 5 heteroatoms. The molecule has 4 nitrogen and oxygen atoms in total. The van der Waals surface area contributed by atoms with Crippen molar-refractivity contribution >= 4 is 22.4 Å². The smallest absolute Gasteiger partial charge is 0.139 e. The van der Waals surface area contributed by atoms with E-state index < -0.39 is 0 Å². The highest BCUT2D eigenvalue weighted by Crippen LogP contribution is 2.19. The monoisotopic (exact) mass is 198 g/mol. The van der Waals surface area contributed by atoms with E-state index in [9.17, 15) is 0 Å². The number of hydrogen-bond donors (Lipinski definition) is 2. The van der Waals surface area contributed by atoms with Crippen LogP contribution in [0.2, 0.25) is 0 Å². The zero-order valence-corrected chi connectivity index (χ0v) is 8.31. The second kappa shape index (κ2) is 3.93. The summed E-state index contributed by atoms with van der Waals surface area (Å²) >= 11 is 1.42. The molecule has 0 bridgehead atoms. The number of nitrogen functional groups attached to an aromatic ring is 1. The maximum atomic E-state index is 5.52. The Hall–Kier alpha value is -0.810. The van der Waals surface area contributed by atoms with E-state index in [2.05, 4.69) is 14.8 Å². The fourth-order valence-electron chi connectivity index (χ4n) is 1.50. The second-order valence-corrected chi connectivity index (χ2v) is 4.08. The summed E-state index contributed by atoms with van der Waals surface area (Å²) in [6.07, 6.45) is 3.91. The molecule has 0 aliphatic carbocycles. The number of piperidine rings is 1. The number of nitrogens with zero attached hydrogens (tertiary/aromatic N) is 2. The predicted octanol–water partition coefficient (Wildman–Crippen LogP) is 1.54. The van der Waals surface area contributed by atoms with Crippen molar-refractivity contribution in [2.45, 2.75) is 19.3 Å². The van der Waals surface area contributed by atoms with Crippen molar-refractivity contribution in [3.8, 4) is 0 Å². The number of nitrogens with one attached hydrogen (secondary N) is 1. The van der Waals surface area contributed by atoms with Crippen LogP contribution < -0.4 is 11.2 Å². The van der Waals surface area contributed by atoms with Gasteiger partial charge in [-0.1, -0.05) is 6.42 Å². The van der Waals surface area contributed by atoms with E-state index in [0.29, 0.717) is 5.82 Å². The molecule has 1 fully saturated rings. The van der Waals surface area contributed by atoms with E-state index in [1.165, 1.54) is 30.8 Å². The van der Waals surface area contributed by atoms with Crippen molar-refractivity contribution in [1.82, 2.24) is 9.38 Å². The average Bonchev–Trinajstić information content (AvgIpc) is 2.53. The summed E-state index contributed by atoms with van der Waals surface area (Å²) in [5, 5.41) is 3.27. The number of anilines is 2. The van der Waals surface area contributed by atoms with Gasteiger partial charge in [-0.3, -0.25) is 0 Å². The van der Waals surface area contributed by atoms with Crippen LogP contribution in [-0.4, -0.2) is 22.5 Å². The van der Waals surface area contributed by atoms with Crippen LogP contribution in [0.3, 0.4) is 0 Å². The van der Waals surface area contributed by atoms with Crippen LogP contribution in [0.25, 0.3) is 0 Å². The standard InChI is InChI=1S/C8H14N4S/c9-7-6-8(13-11-7)10-12-4-2-1-3-5-12/h6,10H,1-5H2,(H2,9,11). The Morgan fingerprint density at radius 3 is 2.77 bits per heavy atom. The Kier molecular flexibility index (Phi) is 2.65. The molecule has 1 aromatic heterocycles. The first-order valence-corrected chi connectivity index (χ1v) is 5.36. The van der Waals surface area contributed by atoms with Crippen LogP contribution in [0, 0.1) is 0 Å². The second-order valence-electron chi connectivity index (χ2n) is 3.28. The fourth-order valence-corrected chi connectivity index (χ4v) is 2.10. The van der Waals surface area contributed by atoms with Crippen molar-refractivity contribution < 1.29 is 0 Å². The van der Waals surface area contributed by atoms with E-state index in [1.807, 2.05) is 6.07 Å². The number of hydrazine groups is 1. The summed E-state index contributed by atoms with van der Waals surface area (Å²) in [5.41, 5.74) is 8.84. The Balaban J connectivity index is 1.89. The molecular weight excluding hydrogens is 184 g/mol. The minimum atomic E-state index is 0.601.